The van der Waals surface area contributed by atoms with Gasteiger partial charge in [-0.25, -0.2) is 24.1 Å². The summed E-state index contributed by atoms with van der Waals surface area (Å²) in [6, 6.07) is 1.70. The number of aliphatic imine (C=N–C) groups is 1. The van der Waals surface area contributed by atoms with Crippen LogP contribution in [0.2, 0.25) is 0 Å². The minimum absolute atomic E-state index is 0.000833. The summed E-state index contributed by atoms with van der Waals surface area (Å²) in [5, 5.41) is 0.573. The summed E-state index contributed by atoms with van der Waals surface area (Å²) < 4.78 is 12.4. The summed E-state index contributed by atoms with van der Waals surface area (Å²) in [6.45, 7) is 7.11. The summed E-state index contributed by atoms with van der Waals surface area (Å²) in [6.07, 6.45) is 2.33. The molecular formula is C18H23BrN4O4. The third-order valence-corrected chi connectivity index (χ3v) is 3.69. The van der Waals surface area contributed by atoms with E-state index >= 15 is 0 Å². The van der Waals surface area contributed by atoms with Gasteiger partial charge in [-0.1, -0.05) is 0 Å². The molecule has 8 nitrogen and oxygen atoms in total. The molecule has 2 aromatic heterocycles. The molecule has 0 radical (unpaired) electrons. The molecule has 27 heavy (non-hydrogen) atoms. The van der Waals surface area contributed by atoms with Crippen molar-refractivity contribution in [1.29, 1.82) is 0 Å². The smallest absolute Gasteiger partial charge is 0.419 e. The van der Waals surface area contributed by atoms with Gasteiger partial charge in [-0.05, 0) is 49.7 Å². The maximum atomic E-state index is 12.9. The fourth-order valence-corrected chi connectivity index (χ4v) is 2.66. The van der Waals surface area contributed by atoms with Gasteiger partial charge in [0.1, 0.15) is 15.9 Å². The third-order valence-electron chi connectivity index (χ3n) is 3.26. The lowest BCUT2D eigenvalue weighted by Crippen LogP contribution is -2.29. The van der Waals surface area contributed by atoms with Crippen LogP contribution in [-0.4, -0.2) is 59.2 Å². The van der Waals surface area contributed by atoms with Crippen molar-refractivity contribution in [3.8, 4) is 0 Å². The third kappa shape index (κ3) is 4.85. The zero-order chi connectivity index (χ0) is 20.4. The quantitative estimate of drug-likeness (QED) is 0.310. The number of fused-ring (bicyclic) bond motifs is 1. The molecule has 0 aliphatic carbocycles. The number of halogens is 1. The van der Waals surface area contributed by atoms with Gasteiger partial charge < -0.3 is 14.4 Å². The van der Waals surface area contributed by atoms with Gasteiger partial charge in [0.05, 0.1) is 24.7 Å². The van der Waals surface area contributed by atoms with E-state index in [-0.39, 0.29) is 12.3 Å². The van der Waals surface area contributed by atoms with E-state index in [0.29, 0.717) is 21.2 Å². The van der Waals surface area contributed by atoms with E-state index in [4.69, 9.17) is 9.47 Å². The Morgan fingerprint density at radius 3 is 2.59 bits per heavy atom. The van der Waals surface area contributed by atoms with Crippen molar-refractivity contribution in [1.82, 2.24) is 14.5 Å². The molecule has 0 unspecified atom stereocenters. The Labute approximate surface area is 166 Å². The van der Waals surface area contributed by atoms with Crippen LogP contribution in [0.5, 0.6) is 0 Å². The summed E-state index contributed by atoms with van der Waals surface area (Å²) in [5.74, 6) is -0.665. The zero-order valence-electron chi connectivity index (χ0n) is 16.2. The molecule has 0 saturated heterocycles. The van der Waals surface area contributed by atoms with Crippen LogP contribution in [0.1, 0.15) is 38.2 Å². The van der Waals surface area contributed by atoms with Crippen LogP contribution in [0.4, 0.5) is 10.5 Å². The van der Waals surface area contributed by atoms with Crippen LogP contribution < -0.4 is 0 Å². The van der Waals surface area contributed by atoms with Crippen molar-refractivity contribution >= 4 is 50.9 Å². The molecule has 2 heterocycles. The molecule has 9 heteroatoms. The number of esters is 1. The lowest BCUT2D eigenvalue weighted by atomic mass is 10.2. The van der Waals surface area contributed by atoms with Gasteiger partial charge in [-0.15, -0.1) is 0 Å². The van der Waals surface area contributed by atoms with E-state index in [0.717, 1.165) is 0 Å². The van der Waals surface area contributed by atoms with E-state index in [1.165, 1.54) is 10.8 Å². The molecule has 2 aromatic rings. The highest BCUT2D eigenvalue weighted by molar-refractivity contribution is 9.10. The van der Waals surface area contributed by atoms with E-state index in [1.807, 2.05) is 0 Å². The first-order chi connectivity index (χ1) is 12.5. The number of hydrogen-bond acceptors (Lipinski definition) is 6. The Hall–Kier alpha value is -2.42. The Kier molecular flexibility index (Phi) is 6.25. The van der Waals surface area contributed by atoms with E-state index in [2.05, 4.69) is 25.9 Å². The molecule has 0 aliphatic heterocycles. The average Bonchev–Trinajstić information content (AvgIpc) is 2.85. The topological polar surface area (TPSA) is 86.0 Å². The number of pyridine rings is 1. The van der Waals surface area contributed by atoms with Crippen LogP contribution in [0, 0.1) is 0 Å². The zero-order valence-corrected chi connectivity index (χ0v) is 17.8. The molecule has 0 atom stereocenters. The fraction of sp³-hybridized carbons (Fsp3) is 0.444. The summed E-state index contributed by atoms with van der Waals surface area (Å²) in [5.41, 5.74) is -0.0261. The van der Waals surface area contributed by atoms with Crippen molar-refractivity contribution in [3.63, 3.8) is 0 Å². The first-order valence-electron chi connectivity index (χ1n) is 8.36. The number of nitrogens with zero attached hydrogens (tertiary/aromatic N) is 4. The molecule has 0 amide bonds. The van der Waals surface area contributed by atoms with E-state index in [1.54, 1.807) is 59.1 Å². The van der Waals surface area contributed by atoms with E-state index in [9.17, 15) is 9.59 Å². The van der Waals surface area contributed by atoms with Gasteiger partial charge >= 0.3 is 12.1 Å². The van der Waals surface area contributed by atoms with Crippen molar-refractivity contribution in [2.45, 2.75) is 33.3 Å². The van der Waals surface area contributed by atoms with E-state index < -0.39 is 17.7 Å². The maximum absolute atomic E-state index is 12.9. The van der Waals surface area contributed by atoms with Crippen molar-refractivity contribution in [2.24, 2.45) is 4.99 Å². The summed E-state index contributed by atoms with van der Waals surface area (Å²) >= 11 is 3.32. The summed E-state index contributed by atoms with van der Waals surface area (Å²) in [4.78, 5) is 35.9. The van der Waals surface area contributed by atoms with Gasteiger partial charge in [0.15, 0.2) is 5.69 Å². The molecule has 2 rings (SSSR count). The monoisotopic (exact) mass is 438 g/mol. The van der Waals surface area contributed by atoms with Gasteiger partial charge in [0.2, 0.25) is 0 Å². The van der Waals surface area contributed by atoms with Crippen molar-refractivity contribution in [3.05, 3.63) is 22.6 Å². The molecule has 0 fully saturated rings. The van der Waals surface area contributed by atoms with Gasteiger partial charge in [-0.3, -0.25) is 0 Å². The number of carbonyl (C=O) groups excluding carboxylic acids is 2. The second-order valence-electron chi connectivity index (χ2n) is 6.97. The Morgan fingerprint density at radius 2 is 2.04 bits per heavy atom. The molecule has 0 bridgehead atoms. The first-order valence-corrected chi connectivity index (χ1v) is 9.15. The lowest BCUT2D eigenvalue weighted by molar-refractivity contribution is 0.0455. The molecule has 0 aliphatic rings. The number of hydrogen-bond donors (Lipinski definition) is 0. The highest BCUT2D eigenvalue weighted by Gasteiger charge is 2.30. The predicted molar refractivity (Wildman–Crippen MR) is 107 cm³/mol. The minimum atomic E-state index is -0.741. The van der Waals surface area contributed by atoms with Crippen LogP contribution in [0.3, 0.4) is 0 Å². The summed E-state index contributed by atoms with van der Waals surface area (Å²) in [7, 11) is 3.61. The van der Waals surface area contributed by atoms with Gasteiger partial charge in [0, 0.05) is 19.5 Å². The second-order valence-corrected chi connectivity index (χ2v) is 7.78. The molecule has 0 saturated carbocycles. The van der Waals surface area contributed by atoms with Gasteiger partial charge in [-0.2, -0.15) is 0 Å². The highest BCUT2D eigenvalue weighted by atomic mass is 79.9. The van der Waals surface area contributed by atoms with Crippen LogP contribution >= 0.6 is 15.9 Å². The van der Waals surface area contributed by atoms with Crippen molar-refractivity contribution < 1.29 is 19.1 Å². The molecular weight excluding hydrogens is 416 g/mol. The fourth-order valence-electron chi connectivity index (χ4n) is 2.33. The first kappa shape index (κ1) is 20.9. The minimum Gasteiger partial charge on any atom is -0.461 e. The number of aromatic nitrogens is 2. The largest absolute Gasteiger partial charge is 0.461 e. The van der Waals surface area contributed by atoms with Crippen LogP contribution in [-0.2, 0) is 9.47 Å². The Bertz CT molecular complexity index is 897. The Balaban J connectivity index is 2.83. The highest BCUT2D eigenvalue weighted by Crippen LogP contribution is 2.35. The molecule has 146 valence electrons. The maximum Gasteiger partial charge on any atom is 0.419 e. The molecule has 0 aromatic carbocycles. The number of carbonyl (C=O) groups is 2. The second kappa shape index (κ2) is 8.08. The average molecular weight is 439 g/mol. The molecule has 0 spiro atoms. The lowest BCUT2D eigenvalue weighted by Gasteiger charge is -2.20. The van der Waals surface area contributed by atoms with Crippen LogP contribution in [0.15, 0.2) is 21.9 Å². The molecule has 0 N–H and O–H groups in total. The number of ether oxygens (including phenoxy) is 2. The standard InChI is InChI=1S/C18H23BrN4O4/c1-7-26-16(24)15-14(21-10-22(5)6)11-8-13(19)20-9-12(11)23(15)17(25)27-18(2,3)4/h8-10H,7H2,1-6H3. The SMILES string of the molecule is CCOC(=O)c1c(N=CN(C)C)c2cc(Br)ncc2n1C(=O)OC(C)(C)C. The Morgan fingerprint density at radius 1 is 1.37 bits per heavy atom. The van der Waals surface area contributed by atoms with Crippen molar-refractivity contribution in [2.75, 3.05) is 20.7 Å². The normalized spacial score (nSPS) is 11.8. The van der Waals surface area contributed by atoms with Gasteiger partial charge in [0.25, 0.3) is 0 Å². The number of rotatable bonds is 4. The predicted octanol–water partition coefficient (Wildman–Crippen LogP) is 3.98. The van der Waals surface area contributed by atoms with Crippen LogP contribution in [0.25, 0.3) is 10.9 Å².